The number of nitrogens with one attached hydrogen (secondary N) is 1. The van der Waals surface area contributed by atoms with Gasteiger partial charge in [-0.1, -0.05) is 13.3 Å². The molecule has 1 heterocycles. The summed E-state index contributed by atoms with van der Waals surface area (Å²) in [7, 11) is 0. The van der Waals surface area contributed by atoms with Gasteiger partial charge in [0, 0.05) is 16.1 Å². The molecule has 1 atom stereocenters. The van der Waals surface area contributed by atoms with Crippen LogP contribution < -0.4 is 11.1 Å². The van der Waals surface area contributed by atoms with Crippen LogP contribution in [0.1, 0.15) is 50.7 Å². The Hall–Kier alpha value is -2.67. The van der Waals surface area contributed by atoms with Gasteiger partial charge in [0.25, 0.3) is 5.91 Å². The molecule has 1 aromatic carbocycles. The summed E-state index contributed by atoms with van der Waals surface area (Å²) in [4.78, 5) is 37.1. The maximum absolute atomic E-state index is 12.3. The van der Waals surface area contributed by atoms with Crippen LogP contribution in [0.25, 0.3) is 0 Å². The van der Waals surface area contributed by atoms with E-state index in [4.69, 9.17) is 10.5 Å². The first-order valence-corrected chi connectivity index (χ1v) is 9.14. The van der Waals surface area contributed by atoms with Crippen molar-refractivity contribution >= 4 is 34.8 Å². The summed E-state index contributed by atoms with van der Waals surface area (Å²) < 4.78 is 5.26. The van der Waals surface area contributed by atoms with Crippen molar-refractivity contribution in [3.05, 3.63) is 51.2 Å². The molecule has 0 spiro atoms. The molecule has 26 heavy (non-hydrogen) atoms. The average molecular weight is 374 g/mol. The van der Waals surface area contributed by atoms with Crippen LogP contribution in [0.15, 0.2) is 30.3 Å². The molecule has 7 heteroatoms. The minimum absolute atomic E-state index is 0.346. The minimum Gasteiger partial charge on any atom is -0.448 e. The number of carbonyl (C=O) groups is 3. The second kappa shape index (κ2) is 8.62. The third kappa shape index (κ3) is 4.92. The third-order valence-electron chi connectivity index (χ3n) is 3.83. The summed E-state index contributed by atoms with van der Waals surface area (Å²) >= 11 is 1.37. The fraction of sp³-hybridized carbons (Fsp3) is 0.316. The summed E-state index contributed by atoms with van der Waals surface area (Å²) in [6.07, 6.45) is 0.960. The second-order valence-electron chi connectivity index (χ2n) is 5.92. The molecule has 1 aromatic heterocycles. The quantitative estimate of drug-likeness (QED) is 0.727. The van der Waals surface area contributed by atoms with Gasteiger partial charge >= 0.3 is 5.97 Å². The lowest BCUT2D eigenvalue weighted by atomic mass is 10.1. The van der Waals surface area contributed by atoms with Crippen LogP contribution in [0.4, 0.5) is 5.69 Å². The van der Waals surface area contributed by atoms with E-state index in [1.165, 1.54) is 30.4 Å². The summed E-state index contributed by atoms with van der Waals surface area (Å²) in [6.45, 7) is 5.56. The highest BCUT2D eigenvalue weighted by molar-refractivity contribution is 7.14. The van der Waals surface area contributed by atoms with Crippen molar-refractivity contribution in [2.45, 2.75) is 39.7 Å². The summed E-state index contributed by atoms with van der Waals surface area (Å²) in [5.74, 6) is -1.50. The number of hydrogen-bond acceptors (Lipinski definition) is 5. The van der Waals surface area contributed by atoms with Gasteiger partial charge in [-0.2, -0.15) is 0 Å². The predicted molar refractivity (Wildman–Crippen MR) is 102 cm³/mol. The zero-order valence-electron chi connectivity index (χ0n) is 15.0. The number of anilines is 1. The van der Waals surface area contributed by atoms with Crippen LogP contribution in [0.5, 0.6) is 0 Å². The topological polar surface area (TPSA) is 98.5 Å². The molecule has 0 radical (unpaired) electrons. The van der Waals surface area contributed by atoms with E-state index in [0.29, 0.717) is 16.1 Å². The van der Waals surface area contributed by atoms with Crippen LogP contribution in [-0.2, 0) is 16.0 Å². The summed E-state index contributed by atoms with van der Waals surface area (Å²) in [5.41, 5.74) is 7.14. The smallest absolute Gasteiger partial charge is 0.349 e. The molecule has 2 rings (SSSR count). The maximum atomic E-state index is 12.3. The number of rotatable bonds is 7. The van der Waals surface area contributed by atoms with Crippen molar-refractivity contribution < 1.29 is 19.1 Å². The van der Waals surface area contributed by atoms with Crippen molar-refractivity contribution in [3.63, 3.8) is 0 Å². The third-order valence-corrected chi connectivity index (χ3v) is 4.90. The van der Waals surface area contributed by atoms with Gasteiger partial charge in [0.1, 0.15) is 4.88 Å². The Labute approximate surface area is 156 Å². The van der Waals surface area contributed by atoms with E-state index in [1.807, 2.05) is 13.0 Å². The van der Waals surface area contributed by atoms with Gasteiger partial charge in [-0.25, -0.2) is 4.79 Å². The Bertz CT molecular complexity index is 811. The molecule has 0 aliphatic carbocycles. The van der Waals surface area contributed by atoms with E-state index < -0.39 is 23.9 Å². The lowest BCUT2D eigenvalue weighted by Gasteiger charge is -2.13. The van der Waals surface area contributed by atoms with E-state index in [9.17, 15) is 14.4 Å². The number of hydrogen-bond donors (Lipinski definition) is 2. The van der Waals surface area contributed by atoms with Gasteiger partial charge in [0.2, 0.25) is 5.91 Å². The highest BCUT2D eigenvalue weighted by Gasteiger charge is 2.21. The Balaban J connectivity index is 1.96. The number of thiophene rings is 1. The van der Waals surface area contributed by atoms with Gasteiger partial charge in [0.05, 0.1) is 0 Å². The lowest BCUT2D eigenvalue weighted by molar-refractivity contribution is -0.123. The SMILES string of the molecule is CCCc1cc(C(=O)O[C@H](C)C(=O)Nc2ccc(C(N)=O)cc2)sc1C. The molecule has 2 amide bonds. The highest BCUT2D eigenvalue weighted by atomic mass is 32.1. The first kappa shape index (κ1) is 19.7. The van der Waals surface area contributed by atoms with Crippen LogP contribution in [-0.4, -0.2) is 23.9 Å². The molecule has 0 unspecified atom stereocenters. The van der Waals surface area contributed by atoms with Crippen molar-refractivity contribution in [3.8, 4) is 0 Å². The minimum atomic E-state index is -0.949. The normalized spacial score (nSPS) is 11.7. The molecule has 6 nitrogen and oxygen atoms in total. The first-order valence-electron chi connectivity index (χ1n) is 8.32. The summed E-state index contributed by atoms with van der Waals surface area (Å²) in [5, 5.41) is 2.64. The zero-order chi connectivity index (χ0) is 19.3. The molecule has 0 aliphatic heterocycles. The molecule has 0 fully saturated rings. The Kier molecular flexibility index (Phi) is 6.52. The number of ether oxygens (including phenoxy) is 1. The van der Waals surface area contributed by atoms with E-state index in [1.54, 1.807) is 12.1 Å². The number of amides is 2. The number of primary amides is 1. The summed E-state index contributed by atoms with van der Waals surface area (Å²) in [6, 6.07) is 7.98. The highest BCUT2D eigenvalue weighted by Crippen LogP contribution is 2.24. The number of aryl methyl sites for hydroxylation is 2. The largest absolute Gasteiger partial charge is 0.448 e. The number of nitrogens with two attached hydrogens (primary N) is 1. The number of benzene rings is 1. The molecule has 0 aliphatic rings. The zero-order valence-corrected chi connectivity index (χ0v) is 15.8. The molecular formula is C19H22N2O4S. The van der Waals surface area contributed by atoms with Gasteiger partial charge in [0.15, 0.2) is 6.10 Å². The van der Waals surface area contributed by atoms with Crippen LogP contribution in [0.3, 0.4) is 0 Å². The lowest BCUT2D eigenvalue weighted by Crippen LogP contribution is -2.29. The Morgan fingerprint density at radius 2 is 1.88 bits per heavy atom. The van der Waals surface area contributed by atoms with Gasteiger partial charge in [-0.15, -0.1) is 11.3 Å². The fourth-order valence-corrected chi connectivity index (χ4v) is 3.33. The van der Waals surface area contributed by atoms with Crippen LogP contribution >= 0.6 is 11.3 Å². The molecule has 0 saturated heterocycles. The van der Waals surface area contributed by atoms with E-state index in [-0.39, 0.29) is 0 Å². The van der Waals surface area contributed by atoms with Crippen molar-refractivity contribution in [2.24, 2.45) is 5.73 Å². The van der Waals surface area contributed by atoms with Crippen LogP contribution in [0, 0.1) is 6.92 Å². The van der Waals surface area contributed by atoms with Gasteiger partial charge < -0.3 is 15.8 Å². The fourth-order valence-electron chi connectivity index (χ4n) is 2.37. The van der Waals surface area contributed by atoms with E-state index >= 15 is 0 Å². The second-order valence-corrected chi connectivity index (χ2v) is 7.18. The molecule has 0 bridgehead atoms. The maximum Gasteiger partial charge on any atom is 0.349 e. The van der Waals surface area contributed by atoms with Gasteiger partial charge in [-0.05, 0) is 56.2 Å². The van der Waals surface area contributed by atoms with Crippen molar-refractivity contribution in [1.82, 2.24) is 0 Å². The predicted octanol–water partition coefficient (Wildman–Crippen LogP) is 3.29. The van der Waals surface area contributed by atoms with Crippen molar-refractivity contribution in [1.29, 1.82) is 0 Å². The molecule has 2 aromatic rings. The Morgan fingerprint density at radius 1 is 1.23 bits per heavy atom. The number of carbonyl (C=O) groups excluding carboxylic acids is 3. The molecule has 3 N–H and O–H groups in total. The van der Waals surface area contributed by atoms with E-state index in [0.717, 1.165) is 23.3 Å². The van der Waals surface area contributed by atoms with Crippen molar-refractivity contribution in [2.75, 3.05) is 5.32 Å². The number of esters is 1. The monoisotopic (exact) mass is 374 g/mol. The standard InChI is InChI=1S/C19H22N2O4S/c1-4-5-14-10-16(26-12(14)3)19(24)25-11(2)18(23)21-15-8-6-13(7-9-15)17(20)22/h6-11H,4-5H2,1-3H3,(H2,20,22)(H,21,23)/t11-/m1/s1. The van der Waals surface area contributed by atoms with Crippen LogP contribution in [0.2, 0.25) is 0 Å². The Morgan fingerprint density at radius 3 is 2.46 bits per heavy atom. The van der Waals surface area contributed by atoms with E-state index in [2.05, 4.69) is 12.2 Å². The molecule has 0 saturated carbocycles. The van der Waals surface area contributed by atoms with Gasteiger partial charge in [-0.3, -0.25) is 9.59 Å². The molecule has 138 valence electrons. The first-order chi connectivity index (χ1) is 12.3. The molecular weight excluding hydrogens is 352 g/mol. The average Bonchev–Trinajstić information content (AvgIpc) is 2.96.